The predicted octanol–water partition coefficient (Wildman–Crippen LogP) is 2.93. The lowest BCUT2D eigenvalue weighted by molar-refractivity contribution is -0.136. The third kappa shape index (κ3) is 3.66. The number of benzene rings is 2. The van der Waals surface area contributed by atoms with E-state index in [4.69, 9.17) is 9.15 Å². The summed E-state index contributed by atoms with van der Waals surface area (Å²) in [5.41, 5.74) is 2.33. The van der Waals surface area contributed by atoms with Crippen molar-refractivity contribution in [3.05, 3.63) is 48.5 Å². The molecule has 2 aliphatic heterocycles. The van der Waals surface area contributed by atoms with Gasteiger partial charge in [-0.05, 0) is 37.1 Å². The first-order chi connectivity index (χ1) is 15.5. The van der Waals surface area contributed by atoms with Gasteiger partial charge in [0, 0.05) is 33.1 Å². The predicted molar refractivity (Wildman–Crippen MR) is 121 cm³/mol. The molecule has 166 valence electrons. The number of piperidine rings is 1. The van der Waals surface area contributed by atoms with Crippen molar-refractivity contribution in [1.82, 2.24) is 9.88 Å². The number of carbonyl (C=O) groups is 2. The first-order valence-electron chi connectivity index (χ1n) is 10.9. The van der Waals surface area contributed by atoms with E-state index >= 15 is 0 Å². The van der Waals surface area contributed by atoms with Crippen molar-refractivity contribution in [1.29, 1.82) is 0 Å². The van der Waals surface area contributed by atoms with Crippen molar-refractivity contribution in [2.24, 2.45) is 5.92 Å². The van der Waals surface area contributed by atoms with Crippen molar-refractivity contribution in [3.8, 4) is 5.75 Å². The van der Waals surface area contributed by atoms with Crippen molar-refractivity contribution in [2.45, 2.75) is 18.9 Å². The van der Waals surface area contributed by atoms with Gasteiger partial charge < -0.3 is 23.9 Å². The fourth-order valence-electron chi connectivity index (χ4n) is 4.39. The number of hydrogen-bond donors (Lipinski definition) is 0. The molecule has 5 rings (SSSR count). The number of ether oxygens (including phenoxy) is 1. The minimum Gasteiger partial charge on any atom is -0.476 e. The highest BCUT2D eigenvalue weighted by molar-refractivity contribution is 5.98. The number of aromatic nitrogens is 1. The second-order valence-electron chi connectivity index (χ2n) is 8.48. The molecule has 0 aliphatic carbocycles. The second kappa shape index (κ2) is 8.18. The summed E-state index contributed by atoms with van der Waals surface area (Å²) in [7, 11) is 3.39. The number of rotatable bonds is 3. The van der Waals surface area contributed by atoms with Gasteiger partial charge in [-0.15, -0.1) is 0 Å². The lowest BCUT2D eigenvalue weighted by atomic mass is 9.94. The Kier molecular flexibility index (Phi) is 5.20. The Morgan fingerprint density at radius 2 is 1.75 bits per heavy atom. The number of nitrogens with zero attached hydrogens (tertiary/aromatic N) is 4. The molecule has 3 aromatic rings. The van der Waals surface area contributed by atoms with Crippen molar-refractivity contribution in [3.63, 3.8) is 0 Å². The highest BCUT2D eigenvalue weighted by atomic mass is 16.5. The monoisotopic (exact) mass is 434 g/mol. The van der Waals surface area contributed by atoms with E-state index in [1.807, 2.05) is 42.5 Å². The minimum atomic E-state index is -0.705. The van der Waals surface area contributed by atoms with Crippen LogP contribution in [0.4, 0.5) is 11.7 Å². The number of fused-ring (bicyclic) bond motifs is 2. The number of carbonyl (C=O) groups excluding carboxylic acids is 2. The lowest BCUT2D eigenvalue weighted by Crippen LogP contribution is -2.52. The van der Waals surface area contributed by atoms with Crippen molar-refractivity contribution >= 4 is 34.6 Å². The molecule has 0 N–H and O–H groups in total. The Balaban J connectivity index is 1.31. The van der Waals surface area contributed by atoms with Crippen LogP contribution in [0.5, 0.6) is 5.75 Å². The molecule has 8 heteroatoms. The molecule has 1 atom stereocenters. The Labute approximate surface area is 186 Å². The quantitative estimate of drug-likeness (QED) is 0.631. The number of para-hydroxylation sites is 4. The van der Waals surface area contributed by atoms with Gasteiger partial charge in [-0.1, -0.05) is 24.3 Å². The highest BCUT2D eigenvalue weighted by Gasteiger charge is 2.38. The molecule has 0 saturated carbocycles. The third-order valence-corrected chi connectivity index (χ3v) is 6.15. The highest BCUT2D eigenvalue weighted by Crippen LogP contribution is 2.36. The topological polar surface area (TPSA) is 79.1 Å². The van der Waals surface area contributed by atoms with Crippen LogP contribution in [0, 0.1) is 5.92 Å². The zero-order chi connectivity index (χ0) is 22.2. The SMILES string of the molecule is CN(C)C(=O)C1CN(C(=O)C2CCN(c3nc4ccccc4o3)CC2)c2ccccc2O1. The van der Waals surface area contributed by atoms with E-state index in [1.54, 1.807) is 25.1 Å². The molecule has 2 aliphatic rings. The average Bonchev–Trinajstić information content (AvgIpc) is 3.27. The Hall–Kier alpha value is -3.55. The van der Waals surface area contributed by atoms with Gasteiger partial charge in [0.15, 0.2) is 11.7 Å². The third-order valence-electron chi connectivity index (χ3n) is 6.15. The smallest absolute Gasteiger partial charge is 0.298 e. The van der Waals surface area contributed by atoms with E-state index in [1.165, 1.54) is 4.90 Å². The molecular formula is C24H26N4O4. The zero-order valence-electron chi connectivity index (χ0n) is 18.2. The Bertz CT molecular complexity index is 1120. The van der Waals surface area contributed by atoms with E-state index in [0.717, 1.165) is 16.8 Å². The van der Waals surface area contributed by atoms with Gasteiger partial charge in [-0.2, -0.15) is 4.98 Å². The lowest BCUT2D eigenvalue weighted by Gasteiger charge is -2.38. The van der Waals surface area contributed by atoms with E-state index < -0.39 is 6.10 Å². The summed E-state index contributed by atoms with van der Waals surface area (Å²) in [4.78, 5) is 36.0. The molecule has 2 amide bonds. The van der Waals surface area contributed by atoms with Gasteiger partial charge in [-0.25, -0.2) is 0 Å². The molecule has 0 bridgehead atoms. The molecule has 1 aromatic heterocycles. The van der Waals surface area contributed by atoms with Gasteiger partial charge >= 0.3 is 0 Å². The van der Waals surface area contributed by atoms with Crippen molar-refractivity contribution < 1.29 is 18.7 Å². The van der Waals surface area contributed by atoms with E-state index in [0.29, 0.717) is 37.7 Å². The van der Waals surface area contributed by atoms with Gasteiger partial charge in [0.05, 0.1) is 12.2 Å². The summed E-state index contributed by atoms with van der Waals surface area (Å²) in [5, 5.41) is 0. The maximum absolute atomic E-state index is 13.5. The summed E-state index contributed by atoms with van der Waals surface area (Å²) in [6, 6.07) is 15.7. The fraction of sp³-hybridized carbons (Fsp3) is 0.375. The standard InChI is InChI=1S/C24H26N4O4/c1-26(2)23(30)21-15-28(18-8-4-6-10-20(18)31-21)22(29)16-11-13-27(14-12-16)24-25-17-7-3-5-9-19(17)32-24/h3-10,16,21H,11-15H2,1-2H3. The van der Waals surface area contributed by atoms with Crippen LogP contribution in [-0.4, -0.2) is 61.5 Å². The first-order valence-corrected chi connectivity index (χ1v) is 10.9. The van der Waals surface area contributed by atoms with Crippen LogP contribution in [0.15, 0.2) is 52.9 Å². The van der Waals surface area contributed by atoms with E-state index in [-0.39, 0.29) is 24.3 Å². The summed E-state index contributed by atoms with van der Waals surface area (Å²) in [5.74, 6) is 0.325. The molecule has 1 saturated heterocycles. The summed E-state index contributed by atoms with van der Waals surface area (Å²) < 4.78 is 11.8. The molecular weight excluding hydrogens is 408 g/mol. The molecule has 32 heavy (non-hydrogen) atoms. The number of amides is 2. The van der Waals surface area contributed by atoms with Crippen LogP contribution in [0.25, 0.3) is 11.1 Å². The van der Waals surface area contributed by atoms with Gasteiger partial charge in [0.2, 0.25) is 5.91 Å². The van der Waals surface area contributed by atoms with Gasteiger partial charge in [0.25, 0.3) is 11.9 Å². The van der Waals surface area contributed by atoms with Crippen LogP contribution >= 0.6 is 0 Å². The maximum atomic E-state index is 13.5. The summed E-state index contributed by atoms with van der Waals surface area (Å²) >= 11 is 0. The largest absolute Gasteiger partial charge is 0.476 e. The number of oxazole rings is 1. The average molecular weight is 434 g/mol. The van der Waals surface area contributed by atoms with Crippen LogP contribution in [0.1, 0.15) is 12.8 Å². The molecule has 2 aromatic carbocycles. The molecule has 8 nitrogen and oxygen atoms in total. The number of anilines is 2. The Morgan fingerprint density at radius 1 is 1.03 bits per heavy atom. The van der Waals surface area contributed by atoms with Gasteiger partial charge in [0.1, 0.15) is 11.3 Å². The number of likely N-dealkylation sites (N-methyl/N-ethyl adjacent to an activating group) is 1. The van der Waals surface area contributed by atoms with Crippen LogP contribution in [0.2, 0.25) is 0 Å². The fourth-order valence-corrected chi connectivity index (χ4v) is 4.39. The summed E-state index contributed by atoms with van der Waals surface area (Å²) in [6.45, 7) is 1.60. The van der Waals surface area contributed by atoms with Crippen LogP contribution < -0.4 is 14.5 Å². The zero-order valence-corrected chi connectivity index (χ0v) is 18.2. The Morgan fingerprint density at radius 3 is 2.50 bits per heavy atom. The van der Waals surface area contributed by atoms with Crippen molar-refractivity contribution in [2.75, 3.05) is 43.5 Å². The minimum absolute atomic E-state index is 0.0366. The molecule has 0 radical (unpaired) electrons. The van der Waals surface area contributed by atoms with Gasteiger partial charge in [-0.3, -0.25) is 9.59 Å². The maximum Gasteiger partial charge on any atom is 0.298 e. The molecule has 1 unspecified atom stereocenters. The normalized spacial score (nSPS) is 18.9. The molecule has 3 heterocycles. The van der Waals surface area contributed by atoms with E-state index in [9.17, 15) is 9.59 Å². The second-order valence-corrected chi connectivity index (χ2v) is 8.48. The first kappa shape index (κ1) is 20.4. The molecule has 1 fully saturated rings. The van der Waals surface area contributed by atoms with Crippen LogP contribution in [0.3, 0.4) is 0 Å². The van der Waals surface area contributed by atoms with E-state index in [2.05, 4.69) is 9.88 Å². The number of hydrogen-bond acceptors (Lipinski definition) is 6. The molecule has 0 spiro atoms. The summed E-state index contributed by atoms with van der Waals surface area (Å²) in [6.07, 6.45) is 0.691. The van der Waals surface area contributed by atoms with Crippen LogP contribution in [-0.2, 0) is 9.59 Å².